The van der Waals surface area contributed by atoms with Crippen LogP contribution in [0.5, 0.6) is 0 Å². The van der Waals surface area contributed by atoms with Crippen molar-refractivity contribution in [3.8, 4) is 6.07 Å². The quantitative estimate of drug-likeness (QED) is 0.711. The van der Waals surface area contributed by atoms with Crippen molar-refractivity contribution in [1.29, 1.82) is 5.26 Å². The first kappa shape index (κ1) is 9.76. The number of aliphatic hydroxyl groups is 1. The first-order chi connectivity index (χ1) is 6.24. The van der Waals surface area contributed by atoms with Crippen LogP contribution in [0.3, 0.4) is 0 Å². The van der Waals surface area contributed by atoms with Crippen molar-refractivity contribution in [2.45, 2.75) is 19.4 Å². The van der Waals surface area contributed by atoms with E-state index in [2.05, 4.69) is 0 Å². The molecule has 68 valence electrons. The number of nitrogens with zero attached hydrogens (tertiary/aromatic N) is 1. The molecule has 0 radical (unpaired) electrons. The summed E-state index contributed by atoms with van der Waals surface area (Å²) in [6.45, 7) is 1.88. The molecule has 0 aromatic heterocycles. The van der Waals surface area contributed by atoms with Crippen molar-refractivity contribution in [3.63, 3.8) is 0 Å². The fraction of sp³-hybridized carbons (Fsp3) is 0.364. The molecule has 0 bridgehead atoms. The first-order valence-electron chi connectivity index (χ1n) is 4.35. The van der Waals surface area contributed by atoms with E-state index in [1.54, 1.807) is 0 Å². The molecule has 1 aromatic rings. The fourth-order valence-electron chi connectivity index (χ4n) is 1.22. The molecule has 0 unspecified atom stereocenters. The van der Waals surface area contributed by atoms with Gasteiger partial charge >= 0.3 is 0 Å². The predicted octanol–water partition coefficient (Wildman–Crippen LogP) is 1.75. The predicted molar refractivity (Wildman–Crippen MR) is 50.9 cm³/mol. The highest BCUT2D eigenvalue weighted by Crippen LogP contribution is 2.11. The van der Waals surface area contributed by atoms with Gasteiger partial charge in [0.05, 0.1) is 6.07 Å². The number of aliphatic hydroxyl groups excluding tert-OH is 1. The third kappa shape index (κ3) is 2.89. The minimum Gasteiger partial charge on any atom is -0.378 e. The van der Waals surface area contributed by atoms with Gasteiger partial charge in [0.1, 0.15) is 6.10 Å². The van der Waals surface area contributed by atoms with Gasteiger partial charge in [0.25, 0.3) is 0 Å². The summed E-state index contributed by atoms with van der Waals surface area (Å²) in [4.78, 5) is 0. The average molecular weight is 175 g/mol. The van der Waals surface area contributed by atoms with Crippen molar-refractivity contribution in [2.24, 2.45) is 5.92 Å². The van der Waals surface area contributed by atoms with E-state index in [0.717, 1.165) is 12.0 Å². The number of nitriles is 1. The number of rotatable bonds is 3. The van der Waals surface area contributed by atoms with E-state index < -0.39 is 6.10 Å². The van der Waals surface area contributed by atoms with E-state index in [-0.39, 0.29) is 5.92 Å². The van der Waals surface area contributed by atoms with E-state index in [4.69, 9.17) is 5.26 Å². The lowest BCUT2D eigenvalue weighted by atomic mass is 9.97. The lowest BCUT2D eigenvalue weighted by molar-refractivity contribution is 0.169. The SMILES string of the molecule is C[C@H](Cc1ccccc1)[C@H](O)C#N. The molecule has 0 saturated heterocycles. The molecule has 0 fully saturated rings. The summed E-state index contributed by atoms with van der Waals surface area (Å²) in [5.41, 5.74) is 1.16. The second-order valence-electron chi connectivity index (χ2n) is 3.24. The van der Waals surface area contributed by atoms with Gasteiger partial charge in [-0.1, -0.05) is 37.3 Å². The molecule has 0 spiro atoms. The Labute approximate surface area is 78.4 Å². The normalized spacial score (nSPS) is 14.5. The van der Waals surface area contributed by atoms with Gasteiger partial charge < -0.3 is 5.11 Å². The Morgan fingerprint density at radius 3 is 2.54 bits per heavy atom. The number of hydrogen-bond acceptors (Lipinski definition) is 2. The van der Waals surface area contributed by atoms with Gasteiger partial charge in [-0.15, -0.1) is 0 Å². The highest BCUT2D eigenvalue weighted by Gasteiger charge is 2.12. The van der Waals surface area contributed by atoms with Gasteiger partial charge in [0, 0.05) is 0 Å². The third-order valence-corrected chi connectivity index (χ3v) is 2.07. The van der Waals surface area contributed by atoms with Gasteiger partial charge in [-0.05, 0) is 17.9 Å². The summed E-state index contributed by atoms with van der Waals surface area (Å²) in [6.07, 6.45) is -0.115. The molecule has 1 N–H and O–H groups in total. The monoisotopic (exact) mass is 175 g/mol. The zero-order chi connectivity index (χ0) is 9.68. The van der Waals surface area contributed by atoms with Crippen molar-refractivity contribution >= 4 is 0 Å². The van der Waals surface area contributed by atoms with Crippen LogP contribution in [0.1, 0.15) is 12.5 Å². The summed E-state index contributed by atoms with van der Waals surface area (Å²) in [6, 6.07) is 11.7. The Morgan fingerprint density at radius 2 is 2.00 bits per heavy atom. The minimum atomic E-state index is -0.861. The summed E-state index contributed by atoms with van der Waals surface area (Å²) in [5.74, 6) is -0.00704. The Balaban J connectivity index is 2.56. The summed E-state index contributed by atoms with van der Waals surface area (Å²) in [5, 5.41) is 17.7. The molecular weight excluding hydrogens is 162 g/mol. The van der Waals surface area contributed by atoms with Gasteiger partial charge in [-0.2, -0.15) is 5.26 Å². The summed E-state index contributed by atoms with van der Waals surface area (Å²) in [7, 11) is 0. The van der Waals surface area contributed by atoms with Crippen LogP contribution in [-0.2, 0) is 6.42 Å². The van der Waals surface area contributed by atoms with Crippen molar-refractivity contribution in [2.75, 3.05) is 0 Å². The highest BCUT2D eigenvalue weighted by atomic mass is 16.3. The Bertz CT molecular complexity index is 289. The van der Waals surface area contributed by atoms with Crippen LogP contribution in [0.2, 0.25) is 0 Å². The molecule has 0 aliphatic carbocycles. The molecule has 13 heavy (non-hydrogen) atoms. The second kappa shape index (κ2) is 4.64. The zero-order valence-corrected chi connectivity index (χ0v) is 7.64. The Morgan fingerprint density at radius 1 is 1.38 bits per heavy atom. The minimum absolute atomic E-state index is 0.00704. The van der Waals surface area contributed by atoms with Crippen LogP contribution in [0.15, 0.2) is 30.3 Å². The van der Waals surface area contributed by atoms with Crippen LogP contribution in [-0.4, -0.2) is 11.2 Å². The first-order valence-corrected chi connectivity index (χ1v) is 4.35. The van der Waals surface area contributed by atoms with E-state index in [1.807, 2.05) is 43.3 Å². The standard InChI is InChI=1S/C11H13NO/c1-9(11(13)8-12)7-10-5-3-2-4-6-10/h2-6,9,11,13H,7H2,1H3/t9-,11-/m1/s1. The van der Waals surface area contributed by atoms with Gasteiger partial charge in [0.2, 0.25) is 0 Å². The molecule has 0 saturated carbocycles. The lowest BCUT2D eigenvalue weighted by Gasteiger charge is -2.11. The fourth-order valence-corrected chi connectivity index (χ4v) is 1.22. The molecular formula is C11H13NO. The molecule has 2 nitrogen and oxygen atoms in total. The molecule has 0 heterocycles. The number of benzene rings is 1. The maximum Gasteiger partial charge on any atom is 0.143 e. The van der Waals surface area contributed by atoms with Crippen LogP contribution in [0, 0.1) is 17.2 Å². The van der Waals surface area contributed by atoms with E-state index >= 15 is 0 Å². The molecule has 2 heteroatoms. The van der Waals surface area contributed by atoms with E-state index in [9.17, 15) is 5.11 Å². The largest absolute Gasteiger partial charge is 0.378 e. The van der Waals surface area contributed by atoms with E-state index in [1.165, 1.54) is 0 Å². The Hall–Kier alpha value is -1.33. The van der Waals surface area contributed by atoms with Crippen LogP contribution < -0.4 is 0 Å². The van der Waals surface area contributed by atoms with Gasteiger partial charge in [-0.25, -0.2) is 0 Å². The van der Waals surface area contributed by atoms with Crippen molar-refractivity contribution in [3.05, 3.63) is 35.9 Å². The zero-order valence-electron chi connectivity index (χ0n) is 7.64. The van der Waals surface area contributed by atoms with Gasteiger partial charge in [-0.3, -0.25) is 0 Å². The maximum absolute atomic E-state index is 9.23. The molecule has 0 aliphatic heterocycles. The topological polar surface area (TPSA) is 44.0 Å². The molecule has 0 amide bonds. The number of hydrogen-bond donors (Lipinski definition) is 1. The molecule has 2 atom stereocenters. The molecule has 0 aliphatic rings. The summed E-state index contributed by atoms with van der Waals surface area (Å²) >= 11 is 0. The molecule has 1 aromatic carbocycles. The summed E-state index contributed by atoms with van der Waals surface area (Å²) < 4.78 is 0. The highest BCUT2D eigenvalue weighted by molar-refractivity contribution is 5.15. The maximum atomic E-state index is 9.23. The van der Waals surface area contributed by atoms with Gasteiger partial charge in [0.15, 0.2) is 0 Å². The lowest BCUT2D eigenvalue weighted by Crippen LogP contribution is -2.17. The van der Waals surface area contributed by atoms with Crippen molar-refractivity contribution < 1.29 is 5.11 Å². The third-order valence-electron chi connectivity index (χ3n) is 2.07. The second-order valence-corrected chi connectivity index (χ2v) is 3.24. The van der Waals surface area contributed by atoms with Crippen LogP contribution in [0.4, 0.5) is 0 Å². The van der Waals surface area contributed by atoms with E-state index in [0.29, 0.717) is 0 Å². The average Bonchev–Trinajstić information content (AvgIpc) is 2.18. The Kier molecular flexibility index (Phi) is 3.48. The molecule has 1 rings (SSSR count). The van der Waals surface area contributed by atoms with Crippen LogP contribution >= 0.6 is 0 Å². The smallest absolute Gasteiger partial charge is 0.143 e. The van der Waals surface area contributed by atoms with Crippen molar-refractivity contribution in [1.82, 2.24) is 0 Å². The van der Waals surface area contributed by atoms with Crippen LogP contribution in [0.25, 0.3) is 0 Å².